The highest BCUT2D eigenvalue weighted by Gasteiger charge is 2.31. The van der Waals surface area contributed by atoms with Crippen LogP contribution >= 0.6 is 0 Å². The molecule has 0 radical (unpaired) electrons. The number of hydrogen-bond donors (Lipinski definition) is 1. The standard InChI is InChI=1S/C26H27F3N6O/c1-15(19-5-4-6-20(13-19)26(27,28)29)31-23-22-14-21(18-7-10-34(11-8-18)17(3)36)24-30-9-12-35(24)25(22)33-16(2)32-23/h4-7,13-15,30H,8-12H2,1-3H3. The molecule has 0 aromatic heterocycles. The predicted octanol–water partition coefficient (Wildman–Crippen LogP) is 4.43. The van der Waals surface area contributed by atoms with E-state index in [4.69, 9.17) is 4.99 Å². The summed E-state index contributed by atoms with van der Waals surface area (Å²) in [6.07, 6.45) is -1.62. The van der Waals surface area contributed by atoms with Gasteiger partial charge in [-0.1, -0.05) is 18.2 Å². The Morgan fingerprint density at radius 3 is 2.67 bits per heavy atom. The molecule has 0 aliphatic carbocycles. The summed E-state index contributed by atoms with van der Waals surface area (Å²) in [6, 6.07) is 6.73. The first-order valence-electron chi connectivity index (χ1n) is 11.9. The number of anilines is 1. The van der Waals surface area contributed by atoms with Crippen molar-refractivity contribution in [3.63, 3.8) is 0 Å². The van der Waals surface area contributed by atoms with Gasteiger partial charge in [0.2, 0.25) is 5.91 Å². The van der Waals surface area contributed by atoms with Crippen LogP contribution in [0.2, 0.25) is 0 Å². The first-order chi connectivity index (χ1) is 17.1. The van der Waals surface area contributed by atoms with E-state index in [1.807, 2.05) is 6.07 Å². The van der Waals surface area contributed by atoms with E-state index in [0.29, 0.717) is 30.0 Å². The first-order valence-corrected chi connectivity index (χ1v) is 11.9. The van der Waals surface area contributed by atoms with E-state index < -0.39 is 17.8 Å². The molecule has 1 amide bonds. The minimum Gasteiger partial charge on any atom is -0.369 e. The van der Waals surface area contributed by atoms with Crippen LogP contribution in [0.3, 0.4) is 0 Å². The summed E-state index contributed by atoms with van der Waals surface area (Å²) in [5, 5.41) is 3.46. The molecule has 7 nitrogen and oxygen atoms in total. The lowest BCUT2D eigenvalue weighted by Gasteiger charge is -2.27. The monoisotopic (exact) mass is 496 g/mol. The lowest BCUT2D eigenvalue weighted by atomic mass is 9.97. The Bertz CT molecular complexity index is 1410. The number of fused-ring (bicyclic) bond motifs is 3. The molecule has 36 heavy (non-hydrogen) atoms. The van der Waals surface area contributed by atoms with Crippen LogP contribution in [0.15, 0.2) is 41.4 Å². The minimum atomic E-state index is -4.42. The van der Waals surface area contributed by atoms with Gasteiger partial charge in [0.25, 0.3) is 0 Å². The predicted molar refractivity (Wildman–Crippen MR) is 130 cm³/mol. The van der Waals surface area contributed by atoms with Crippen molar-refractivity contribution in [1.29, 1.82) is 0 Å². The third-order valence-corrected chi connectivity index (χ3v) is 6.73. The van der Waals surface area contributed by atoms with Crippen molar-refractivity contribution < 1.29 is 18.0 Å². The van der Waals surface area contributed by atoms with E-state index in [9.17, 15) is 18.0 Å². The van der Waals surface area contributed by atoms with Crippen molar-refractivity contribution in [3.8, 4) is 11.4 Å². The fourth-order valence-electron chi connectivity index (χ4n) is 4.82. The second-order valence-corrected chi connectivity index (χ2v) is 9.19. The van der Waals surface area contributed by atoms with Gasteiger partial charge in [-0.05, 0) is 49.6 Å². The zero-order chi connectivity index (χ0) is 25.6. The highest BCUT2D eigenvalue weighted by Crippen LogP contribution is 2.36. The maximum Gasteiger partial charge on any atom is 0.416 e. The van der Waals surface area contributed by atoms with Crippen LogP contribution < -0.4 is 10.8 Å². The number of halogens is 3. The molecule has 4 heterocycles. The second kappa shape index (κ2) is 9.07. The third-order valence-electron chi connectivity index (χ3n) is 6.73. The van der Waals surface area contributed by atoms with E-state index in [1.54, 1.807) is 31.7 Å². The molecule has 0 spiro atoms. The number of aryl methyl sites for hydroxylation is 1. The average Bonchev–Trinajstić information content (AvgIpc) is 3.34. The molecule has 1 N–H and O–H groups in total. The Balaban J connectivity index is 1.63. The highest BCUT2D eigenvalue weighted by molar-refractivity contribution is 5.82. The van der Waals surface area contributed by atoms with E-state index >= 15 is 0 Å². The number of pyridine rings is 1. The van der Waals surface area contributed by atoms with Gasteiger partial charge in [-0.15, -0.1) is 0 Å². The van der Waals surface area contributed by atoms with E-state index in [1.165, 1.54) is 6.07 Å². The fraction of sp³-hybridized carbons (Fsp3) is 0.385. The summed E-state index contributed by atoms with van der Waals surface area (Å²) < 4.78 is 41.9. The zero-order valence-corrected chi connectivity index (χ0v) is 20.4. The van der Waals surface area contributed by atoms with Crippen molar-refractivity contribution in [2.24, 2.45) is 4.99 Å². The molecule has 5 rings (SSSR count). The number of alkyl halides is 3. The molecule has 1 atom stereocenters. The highest BCUT2D eigenvalue weighted by atomic mass is 19.4. The van der Waals surface area contributed by atoms with Crippen molar-refractivity contribution >= 4 is 17.3 Å². The summed E-state index contributed by atoms with van der Waals surface area (Å²) in [5.41, 5.74) is 3.11. The zero-order valence-electron chi connectivity index (χ0n) is 20.4. The molecule has 0 saturated carbocycles. The summed E-state index contributed by atoms with van der Waals surface area (Å²) in [5.74, 6) is 2.30. The van der Waals surface area contributed by atoms with Gasteiger partial charge in [-0.2, -0.15) is 13.2 Å². The number of benzene rings is 1. The number of aromatic nitrogens is 3. The van der Waals surface area contributed by atoms with Crippen LogP contribution in [-0.4, -0.2) is 45.0 Å². The Morgan fingerprint density at radius 1 is 1.17 bits per heavy atom. The Hall–Kier alpha value is -3.69. The van der Waals surface area contributed by atoms with Gasteiger partial charge in [0.05, 0.1) is 17.2 Å². The largest absolute Gasteiger partial charge is 0.416 e. The lowest BCUT2D eigenvalue weighted by molar-refractivity contribution is -0.137. The number of amides is 1. The Morgan fingerprint density at radius 2 is 1.97 bits per heavy atom. The number of rotatable bonds is 3. The topological polar surface area (TPSA) is 75.4 Å². The van der Waals surface area contributed by atoms with Gasteiger partial charge in [0, 0.05) is 38.7 Å². The SMILES string of the molecule is CC(=O)N1CC=C(c2cc3c(=NC(C)c4cccc(C(F)(F)F)c4)nc(C)nc-3n3c2NCC3)CC1. The first kappa shape index (κ1) is 24.0. The normalized spacial score (nSPS) is 17.1. The molecular weight excluding hydrogens is 469 g/mol. The van der Waals surface area contributed by atoms with E-state index in [-0.39, 0.29) is 5.91 Å². The Kier molecular flexibility index (Phi) is 6.05. The van der Waals surface area contributed by atoms with E-state index in [2.05, 4.69) is 25.9 Å². The molecule has 1 aromatic rings. The van der Waals surface area contributed by atoms with Crippen LogP contribution in [0.25, 0.3) is 17.0 Å². The summed E-state index contributed by atoms with van der Waals surface area (Å²) >= 11 is 0. The van der Waals surface area contributed by atoms with Gasteiger partial charge in [0.1, 0.15) is 17.5 Å². The van der Waals surface area contributed by atoms with Crippen LogP contribution in [0.4, 0.5) is 19.0 Å². The lowest BCUT2D eigenvalue weighted by Crippen LogP contribution is -2.32. The number of carbonyl (C=O) groups excluding carboxylic acids is 1. The molecule has 4 aliphatic rings. The van der Waals surface area contributed by atoms with Crippen molar-refractivity contribution in [1.82, 2.24) is 19.4 Å². The maximum atomic E-state index is 13.2. The molecule has 4 aliphatic heterocycles. The summed E-state index contributed by atoms with van der Waals surface area (Å²) in [7, 11) is 0. The van der Waals surface area contributed by atoms with Crippen LogP contribution in [0, 0.1) is 6.92 Å². The fourth-order valence-corrected chi connectivity index (χ4v) is 4.82. The second-order valence-electron chi connectivity index (χ2n) is 9.19. The smallest absolute Gasteiger partial charge is 0.369 e. The van der Waals surface area contributed by atoms with Crippen LogP contribution in [-0.2, 0) is 17.5 Å². The summed E-state index contributed by atoms with van der Waals surface area (Å²) in [6.45, 7) is 7.81. The van der Waals surface area contributed by atoms with Crippen LogP contribution in [0.5, 0.6) is 0 Å². The van der Waals surface area contributed by atoms with Gasteiger partial charge < -0.3 is 14.8 Å². The molecule has 188 valence electrons. The van der Waals surface area contributed by atoms with Gasteiger partial charge in [-0.25, -0.2) is 9.97 Å². The van der Waals surface area contributed by atoms with Crippen molar-refractivity contribution in [2.75, 3.05) is 25.0 Å². The van der Waals surface area contributed by atoms with E-state index in [0.717, 1.165) is 60.0 Å². The molecule has 0 bridgehead atoms. The van der Waals surface area contributed by atoms with Gasteiger partial charge in [0.15, 0.2) is 5.49 Å². The average molecular weight is 497 g/mol. The molecule has 0 fully saturated rings. The number of hydrogen-bond acceptors (Lipinski definition) is 5. The molecule has 1 unspecified atom stereocenters. The Labute approximate surface area is 206 Å². The minimum absolute atomic E-state index is 0.0510. The van der Waals surface area contributed by atoms with Gasteiger partial charge >= 0.3 is 6.18 Å². The molecule has 0 saturated heterocycles. The molecule has 1 aromatic carbocycles. The van der Waals surface area contributed by atoms with Crippen molar-refractivity contribution in [3.05, 3.63) is 64.4 Å². The third kappa shape index (κ3) is 4.47. The van der Waals surface area contributed by atoms with Gasteiger partial charge in [-0.3, -0.25) is 9.79 Å². The van der Waals surface area contributed by atoms with Crippen LogP contribution in [0.1, 0.15) is 48.8 Å². The maximum absolute atomic E-state index is 13.2. The molecular formula is C26H27F3N6O. The number of carbonyl (C=O) groups is 1. The number of nitrogens with one attached hydrogen (secondary N) is 1. The van der Waals surface area contributed by atoms with Crippen molar-refractivity contribution in [2.45, 2.75) is 46.0 Å². The number of nitrogens with zero attached hydrogens (tertiary/aromatic N) is 5. The quantitative estimate of drug-likeness (QED) is 0.582. The molecule has 10 heteroatoms. The summed E-state index contributed by atoms with van der Waals surface area (Å²) in [4.78, 5) is 27.6.